The van der Waals surface area contributed by atoms with Gasteiger partial charge in [0.1, 0.15) is 5.69 Å². The molecule has 3 aromatic rings. The predicted octanol–water partition coefficient (Wildman–Crippen LogP) is 2.34. The van der Waals surface area contributed by atoms with Gasteiger partial charge in [-0.05, 0) is 37.1 Å². The van der Waals surface area contributed by atoms with Crippen LogP contribution < -0.4 is 5.73 Å². The van der Waals surface area contributed by atoms with Crippen molar-refractivity contribution in [2.75, 3.05) is 19.7 Å². The molecule has 3 heterocycles. The zero-order valence-corrected chi connectivity index (χ0v) is 16.5. The minimum atomic E-state index is -0.535. The van der Waals surface area contributed by atoms with E-state index in [-0.39, 0.29) is 11.3 Å². The van der Waals surface area contributed by atoms with Gasteiger partial charge < -0.3 is 10.5 Å². The predicted molar refractivity (Wildman–Crippen MR) is 108 cm³/mol. The molecule has 1 amide bonds. The highest BCUT2D eigenvalue weighted by atomic mass is 16.5. The number of morpholine rings is 1. The fourth-order valence-corrected chi connectivity index (χ4v) is 3.81. The zero-order valence-electron chi connectivity index (χ0n) is 16.5. The lowest BCUT2D eigenvalue weighted by Crippen LogP contribution is -2.47. The average Bonchev–Trinajstić information content (AvgIpc) is 3.06. The Morgan fingerprint density at radius 1 is 1.32 bits per heavy atom. The van der Waals surface area contributed by atoms with Crippen molar-refractivity contribution in [2.24, 2.45) is 12.8 Å². The van der Waals surface area contributed by atoms with Crippen molar-refractivity contribution >= 4 is 16.8 Å². The van der Waals surface area contributed by atoms with Crippen LogP contribution in [-0.4, -0.2) is 50.9 Å². The van der Waals surface area contributed by atoms with Gasteiger partial charge in [-0.3, -0.25) is 14.4 Å². The number of carbonyl (C=O) groups excluding carboxylic acids is 1. The summed E-state index contributed by atoms with van der Waals surface area (Å²) in [7, 11) is 1.86. The first-order valence-electron chi connectivity index (χ1n) is 9.39. The van der Waals surface area contributed by atoms with E-state index in [9.17, 15) is 4.79 Å². The fraction of sp³-hybridized carbons (Fsp3) is 0.381. The first-order valence-corrected chi connectivity index (χ1v) is 9.39. The number of hydrogen-bond acceptors (Lipinski definition) is 5. The van der Waals surface area contributed by atoms with E-state index < -0.39 is 5.91 Å². The Bertz CT molecular complexity index is 1040. The van der Waals surface area contributed by atoms with E-state index in [1.807, 2.05) is 19.3 Å². The first kappa shape index (κ1) is 18.6. The highest BCUT2D eigenvalue weighted by Gasteiger charge is 2.27. The molecule has 0 aliphatic carbocycles. The lowest BCUT2D eigenvalue weighted by molar-refractivity contribution is -0.0882. The minimum absolute atomic E-state index is 0.139. The second kappa shape index (κ2) is 7.00. The van der Waals surface area contributed by atoms with Gasteiger partial charge in [0.05, 0.1) is 23.9 Å². The van der Waals surface area contributed by atoms with E-state index in [0.717, 1.165) is 53.8 Å². The van der Waals surface area contributed by atoms with Gasteiger partial charge in [-0.1, -0.05) is 12.1 Å². The van der Waals surface area contributed by atoms with Gasteiger partial charge in [-0.2, -0.15) is 5.10 Å². The Morgan fingerprint density at radius 3 is 2.82 bits per heavy atom. The topological polar surface area (TPSA) is 86.3 Å². The number of primary amides is 1. The van der Waals surface area contributed by atoms with Gasteiger partial charge in [-0.15, -0.1) is 0 Å². The highest BCUT2D eigenvalue weighted by Crippen LogP contribution is 2.29. The Kier molecular flexibility index (Phi) is 4.64. The number of rotatable bonds is 4. The quantitative estimate of drug-likeness (QED) is 0.752. The molecule has 1 aromatic carbocycles. The van der Waals surface area contributed by atoms with E-state index in [4.69, 9.17) is 10.5 Å². The van der Waals surface area contributed by atoms with Crippen LogP contribution in [0.4, 0.5) is 0 Å². The number of carbonyl (C=O) groups is 1. The lowest BCUT2D eigenvalue weighted by atomic mass is 10.0. The molecule has 7 heteroatoms. The van der Waals surface area contributed by atoms with E-state index in [1.165, 1.54) is 0 Å². The summed E-state index contributed by atoms with van der Waals surface area (Å²) < 4.78 is 7.54. The second-order valence-electron chi connectivity index (χ2n) is 7.99. The fourth-order valence-electron chi connectivity index (χ4n) is 3.81. The maximum absolute atomic E-state index is 11.8. The molecule has 4 rings (SSSR count). The van der Waals surface area contributed by atoms with Crippen molar-refractivity contribution in [3.05, 3.63) is 47.9 Å². The van der Waals surface area contributed by atoms with Crippen LogP contribution in [0.15, 0.2) is 36.7 Å². The normalized spacial score (nSPS) is 17.1. The number of aryl methyl sites for hydroxylation is 1. The number of aromatic nitrogens is 3. The molecule has 0 radical (unpaired) electrons. The monoisotopic (exact) mass is 379 g/mol. The number of fused-ring (bicyclic) bond motifs is 1. The average molecular weight is 379 g/mol. The molecule has 0 unspecified atom stereocenters. The molecule has 1 aliphatic rings. The summed E-state index contributed by atoms with van der Waals surface area (Å²) in [6, 6.07) is 7.97. The summed E-state index contributed by atoms with van der Waals surface area (Å²) in [5.74, 6) is -0.535. The molecular formula is C21H25N5O2. The van der Waals surface area contributed by atoms with Crippen molar-refractivity contribution in [2.45, 2.75) is 26.0 Å². The summed E-state index contributed by atoms with van der Waals surface area (Å²) in [6.07, 6.45) is 3.70. The van der Waals surface area contributed by atoms with Crippen molar-refractivity contribution in [3.8, 4) is 11.1 Å². The van der Waals surface area contributed by atoms with Crippen LogP contribution in [0.3, 0.4) is 0 Å². The van der Waals surface area contributed by atoms with Crippen LogP contribution in [0, 0.1) is 0 Å². The molecule has 0 saturated carbocycles. The van der Waals surface area contributed by atoms with Gasteiger partial charge in [0, 0.05) is 43.8 Å². The second-order valence-corrected chi connectivity index (χ2v) is 7.99. The van der Waals surface area contributed by atoms with Crippen LogP contribution in [0.25, 0.3) is 22.0 Å². The summed E-state index contributed by atoms with van der Waals surface area (Å²) in [5, 5.41) is 5.22. The highest BCUT2D eigenvalue weighted by molar-refractivity contribution is 6.00. The zero-order chi connectivity index (χ0) is 19.9. The summed E-state index contributed by atoms with van der Waals surface area (Å²) in [5.41, 5.74) is 9.40. The van der Waals surface area contributed by atoms with Gasteiger partial charge >= 0.3 is 0 Å². The Labute approximate surface area is 164 Å². The third-order valence-corrected chi connectivity index (χ3v) is 5.05. The first-order chi connectivity index (χ1) is 13.3. The smallest absolute Gasteiger partial charge is 0.267 e. The van der Waals surface area contributed by atoms with Crippen LogP contribution in [0.2, 0.25) is 0 Å². The largest absolute Gasteiger partial charge is 0.373 e. The van der Waals surface area contributed by atoms with Gasteiger partial charge in [0.25, 0.3) is 5.91 Å². The van der Waals surface area contributed by atoms with E-state index in [0.29, 0.717) is 0 Å². The summed E-state index contributed by atoms with van der Waals surface area (Å²) in [6.45, 7) is 7.54. The maximum Gasteiger partial charge on any atom is 0.267 e. The third-order valence-electron chi connectivity index (χ3n) is 5.05. The number of ether oxygens (including phenoxy) is 1. The van der Waals surface area contributed by atoms with Gasteiger partial charge in [0.15, 0.2) is 0 Å². The van der Waals surface area contributed by atoms with Crippen LogP contribution in [0.1, 0.15) is 29.9 Å². The van der Waals surface area contributed by atoms with Crippen molar-refractivity contribution < 1.29 is 9.53 Å². The molecule has 0 spiro atoms. The van der Waals surface area contributed by atoms with E-state index in [1.54, 1.807) is 16.9 Å². The number of nitrogens with two attached hydrogens (primary N) is 1. The summed E-state index contributed by atoms with van der Waals surface area (Å²) >= 11 is 0. The lowest BCUT2D eigenvalue weighted by Gasteiger charge is -2.38. The third kappa shape index (κ3) is 3.76. The van der Waals surface area contributed by atoms with Crippen LogP contribution >= 0.6 is 0 Å². The molecule has 146 valence electrons. The molecule has 28 heavy (non-hydrogen) atoms. The minimum Gasteiger partial charge on any atom is -0.373 e. The number of nitrogens with zero attached hydrogens (tertiary/aromatic N) is 4. The van der Waals surface area contributed by atoms with E-state index >= 15 is 0 Å². The molecular weight excluding hydrogens is 354 g/mol. The number of benzene rings is 1. The Hall–Kier alpha value is -2.77. The van der Waals surface area contributed by atoms with E-state index in [2.05, 4.69) is 41.0 Å². The van der Waals surface area contributed by atoms with Crippen LogP contribution in [0.5, 0.6) is 0 Å². The van der Waals surface area contributed by atoms with Crippen molar-refractivity contribution in [1.82, 2.24) is 19.7 Å². The Balaban J connectivity index is 1.73. The number of amides is 1. The molecule has 2 N–H and O–H groups in total. The molecule has 0 atom stereocenters. The molecule has 1 saturated heterocycles. The molecule has 2 aromatic heterocycles. The standard InChI is InChI=1S/C21H25N5O2/c1-21(2)13-26(6-7-28-21)11-14-4-5-16-17(15-10-23-25(3)12-15)9-19(20(22)27)24-18(16)8-14/h4-5,8-10,12H,6-7,11,13H2,1-3H3,(H2,22,27). The Morgan fingerprint density at radius 2 is 2.14 bits per heavy atom. The molecule has 1 aliphatic heterocycles. The molecule has 7 nitrogen and oxygen atoms in total. The maximum atomic E-state index is 11.8. The number of pyridine rings is 1. The van der Waals surface area contributed by atoms with Gasteiger partial charge in [-0.25, -0.2) is 4.98 Å². The molecule has 0 bridgehead atoms. The van der Waals surface area contributed by atoms with Crippen LogP contribution in [-0.2, 0) is 18.3 Å². The number of hydrogen-bond donors (Lipinski definition) is 1. The van der Waals surface area contributed by atoms with Gasteiger partial charge in [0.2, 0.25) is 0 Å². The van der Waals surface area contributed by atoms with Crippen molar-refractivity contribution in [1.29, 1.82) is 0 Å². The van der Waals surface area contributed by atoms with Crippen molar-refractivity contribution in [3.63, 3.8) is 0 Å². The SMILES string of the molecule is Cn1cc(-c2cc(C(N)=O)nc3cc(CN4CCOC(C)(C)C4)ccc23)cn1. The molecule has 1 fully saturated rings. The summed E-state index contributed by atoms with van der Waals surface area (Å²) in [4.78, 5) is 18.7.